The normalized spacial score (nSPS) is 22.4. The number of rotatable bonds is 6. The second-order valence-corrected chi connectivity index (χ2v) is 14.4. The molecular formula is C40H46N6O8. The van der Waals surface area contributed by atoms with E-state index in [1.807, 2.05) is 35.8 Å². The highest BCUT2D eigenvalue weighted by Gasteiger charge is 2.35. The lowest BCUT2D eigenvalue weighted by Crippen LogP contribution is -2.38. The number of ketones is 2. The first-order valence-electron chi connectivity index (χ1n) is 18.6. The molecule has 284 valence electrons. The van der Waals surface area contributed by atoms with E-state index in [4.69, 9.17) is 9.47 Å². The van der Waals surface area contributed by atoms with Crippen LogP contribution in [0.1, 0.15) is 50.7 Å². The van der Waals surface area contributed by atoms with Gasteiger partial charge in [-0.15, -0.1) is 0 Å². The Morgan fingerprint density at radius 2 is 1.06 bits per heavy atom. The SMILES string of the molecule is C[C@@H]1Cc2c(O)cccc2N1C(=O)CC1=NC(N2CCOCC2)=CC(=O)C1.C[C@H]1Cc2c(O)cccc2N1C(=O)CC1=NC(N2CCOCC2)=CC(=O)C1. The number of allylic oxidation sites excluding steroid dienone is 2. The highest BCUT2D eigenvalue weighted by molar-refractivity contribution is 6.18. The number of ether oxygens (including phenoxy) is 2. The first-order chi connectivity index (χ1) is 26.0. The molecule has 0 aromatic heterocycles. The molecule has 2 fully saturated rings. The molecule has 0 spiro atoms. The van der Waals surface area contributed by atoms with Crippen LogP contribution >= 0.6 is 0 Å². The number of anilines is 2. The van der Waals surface area contributed by atoms with Gasteiger partial charge in [0.2, 0.25) is 11.8 Å². The maximum Gasteiger partial charge on any atom is 0.232 e. The van der Waals surface area contributed by atoms with Crippen molar-refractivity contribution in [3.8, 4) is 11.5 Å². The van der Waals surface area contributed by atoms with E-state index < -0.39 is 0 Å². The van der Waals surface area contributed by atoms with Crippen molar-refractivity contribution in [1.29, 1.82) is 0 Å². The van der Waals surface area contributed by atoms with Crippen LogP contribution in [0.2, 0.25) is 0 Å². The van der Waals surface area contributed by atoms with Crippen LogP contribution in [-0.2, 0) is 41.5 Å². The number of hydrogen-bond donors (Lipinski definition) is 2. The molecule has 54 heavy (non-hydrogen) atoms. The third kappa shape index (κ3) is 7.94. The van der Waals surface area contributed by atoms with Gasteiger partial charge in [-0.25, -0.2) is 9.98 Å². The van der Waals surface area contributed by atoms with Gasteiger partial charge < -0.3 is 39.3 Å². The smallest absolute Gasteiger partial charge is 0.232 e. The van der Waals surface area contributed by atoms with E-state index in [0.29, 0.717) is 88.5 Å². The zero-order valence-corrected chi connectivity index (χ0v) is 30.7. The molecule has 2 saturated heterocycles. The molecule has 2 aromatic carbocycles. The molecule has 2 aromatic rings. The Morgan fingerprint density at radius 3 is 1.44 bits per heavy atom. The average Bonchev–Trinajstić information content (AvgIpc) is 3.69. The number of nitrogens with zero attached hydrogens (tertiary/aromatic N) is 6. The van der Waals surface area contributed by atoms with Crippen molar-refractivity contribution in [1.82, 2.24) is 9.80 Å². The van der Waals surface area contributed by atoms with Crippen LogP contribution in [0.25, 0.3) is 0 Å². The van der Waals surface area contributed by atoms with Gasteiger partial charge in [0.15, 0.2) is 11.6 Å². The Morgan fingerprint density at radius 1 is 0.667 bits per heavy atom. The van der Waals surface area contributed by atoms with Gasteiger partial charge in [0.25, 0.3) is 0 Å². The summed E-state index contributed by atoms with van der Waals surface area (Å²) in [4.78, 5) is 67.0. The first-order valence-corrected chi connectivity index (χ1v) is 18.6. The number of phenols is 2. The standard InChI is InChI=1S/2C20H23N3O4/c2*1-13-9-16-17(3-2-4-18(16)25)23(13)20(26)11-14-10-15(24)12-19(21-14)22-5-7-27-8-6-22/h2*2-4,12-13,25H,5-11H2,1H3/t2*13-/m10/s1. The van der Waals surface area contributed by atoms with Crippen LogP contribution in [-0.4, -0.2) is 120 Å². The molecule has 2 amide bonds. The monoisotopic (exact) mass is 738 g/mol. The Hall–Kier alpha value is -5.34. The van der Waals surface area contributed by atoms with Crippen LogP contribution in [0.5, 0.6) is 11.5 Å². The lowest BCUT2D eigenvalue weighted by atomic mass is 10.1. The van der Waals surface area contributed by atoms with Gasteiger partial charge in [-0.05, 0) is 51.0 Å². The van der Waals surface area contributed by atoms with Crippen LogP contribution < -0.4 is 9.80 Å². The van der Waals surface area contributed by atoms with E-state index in [1.165, 1.54) is 0 Å². The summed E-state index contributed by atoms with van der Waals surface area (Å²) in [5.74, 6) is 1.45. The van der Waals surface area contributed by atoms with Crippen LogP contribution in [0.3, 0.4) is 0 Å². The quantitative estimate of drug-likeness (QED) is 0.450. The summed E-state index contributed by atoms with van der Waals surface area (Å²) in [5, 5.41) is 20.1. The number of phenolic OH excluding ortho intramolecular Hbond substituents is 2. The number of amides is 2. The van der Waals surface area contributed by atoms with Gasteiger partial charge in [0, 0.05) is 85.8 Å². The summed E-state index contributed by atoms with van der Waals surface area (Å²) < 4.78 is 10.7. The van der Waals surface area contributed by atoms with Crippen molar-refractivity contribution >= 4 is 46.2 Å². The minimum Gasteiger partial charge on any atom is -0.508 e. The molecule has 0 bridgehead atoms. The third-order valence-corrected chi connectivity index (χ3v) is 10.5. The zero-order valence-electron chi connectivity index (χ0n) is 30.7. The van der Waals surface area contributed by atoms with Crippen molar-refractivity contribution in [2.75, 3.05) is 62.4 Å². The molecule has 2 atom stereocenters. The molecule has 6 aliphatic rings. The molecule has 6 aliphatic heterocycles. The minimum atomic E-state index is -0.0957. The Kier molecular flexibility index (Phi) is 10.9. The molecular weight excluding hydrogens is 692 g/mol. The third-order valence-electron chi connectivity index (χ3n) is 10.5. The lowest BCUT2D eigenvalue weighted by molar-refractivity contribution is -0.118. The summed E-state index contributed by atoms with van der Waals surface area (Å²) >= 11 is 0. The summed E-state index contributed by atoms with van der Waals surface area (Å²) in [5.41, 5.74) is 4.28. The average molecular weight is 739 g/mol. The van der Waals surface area contributed by atoms with E-state index >= 15 is 0 Å². The minimum absolute atomic E-state index is 0.0261. The van der Waals surface area contributed by atoms with Gasteiger partial charge in [-0.2, -0.15) is 0 Å². The summed E-state index contributed by atoms with van der Waals surface area (Å²) in [6, 6.07) is 10.4. The predicted molar refractivity (Wildman–Crippen MR) is 202 cm³/mol. The summed E-state index contributed by atoms with van der Waals surface area (Å²) in [6.45, 7) is 9.15. The highest BCUT2D eigenvalue weighted by Crippen LogP contribution is 2.39. The number of aromatic hydroxyl groups is 2. The fourth-order valence-electron chi connectivity index (χ4n) is 7.90. The zero-order chi connectivity index (χ0) is 37.9. The number of fused-ring (bicyclic) bond motifs is 2. The summed E-state index contributed by atoms with van der Waals surface area (Å²) in [7, 11) is 0. The van der Waals surface area contributed by atoms with Crippen LogP contribution in [0.4, 0.5) is 11.4 Å². The predicted octanol–water partition coefficient (Wildman–Crippen LogP) is 3.29. The molecule has 6 heterocycles. The van der Waals surface area contributed by atoms with Crippen molar-refractivity contribution < 1.29 is 38.9 Å². The highest BCUT2D eigenvalue weighted by atomic mass is 16.5. The fourth-order valence-corrected chi connectivity index (χ4v) is 7.90. The molecule has 0 unspecified atom stereocenters. The molecule has 0 saturated carbocycles. The second-order valence-electron chi connectivity index (χ2n) is 14.4. The Labute approximate surface area is 314 Å². The largest absolute Gasteiger partial charge is 0.508 e. The van der Waals surface area contributed by atoms with E-state index in [2.05, 4.69) is 9.98 Å². The molecule has 8 rings (SSSR count). The van der Waals surface area contributed by atoms with Crippen molar-refractivity contribution in [2.45, 2.75) is 64.5 Å². The van der Waals surface area contributed by atoms with E-state index in [1.54, 1.807) is 46.2 Å². The summed E-state index contributed by atoms with van der Waals surface area (Å²) in [6.07, 6.45) is 4.93. The number of carbonyl (C=O) groups excluding carboxylic acids is 4. The molecule has 0 radical (unpaired) electrons. The molecule has 2 N–H and O–H groups in total. The van der Waals surface area contributed by atoms with Crippen molar-refractivity contribution in [2.24, 2.45) is 9.98 Å². The topological polar surface area (TPSA) is 165 Å². The van der Waals surface area contributed by atoms with Gasteiger partial charge >= 0.3 is 0 Å². The lowest BCUT2D eigenvalue weighted by Gasteiger charge is -2.30. The molecule has 0 aliphatic carbocycles. The number of benzene rings is 2. The second kappa shape index (κ2) is 15.9. The van der Waals surface area contributed by atoms with Crippen LogP contribution in [0, 0.1) is 0 Å². The van der Waals surface area contributed by atoms with Gasteiger partial charge in [0.1, 0.15) is 23.1 Å². The number of carbonyl (C=O) groups is 4. The van der Waals surface area contributed by atoms with Gasteiger partial charge in [-0.3, -0.25) is 19.2 Å². The number of hydrogen-bond acceptors (Lipinski definition) is 12. The maximum atomic E-state index is 13.0. The molecule has 14 heteroatoms. The van der Waals surface area contributed by atoms with Crippen LogP contribution in [0.15, 0.2) is 70.2 Å². The van der Waals surface area contributed by atoms with E-state index in [9.17, 15) is 29.4 Å². The van der Waals surface area contributed by atoms with E-state index in [-0.39, 0.29) is 72.6 Å². The number of morpholine rings is 2. The maximum absolute atomic E-state index is 13.0. The Balaban J connectivity index is 0.000000167. The first kappa shape index (κ1) is 37.0. The fraction of sp³-hybridized carbons (Fsp3) is 0.450. The van der Waals surface area contributed by atoms with Gasteiger partial charge in [0.05, 0.1) is 50.6 Å². The molecule has 14 nitrogen and oxygen atoms in total. The Bertz CT molecular complexity index is 1820. The van der Waals surface area contributed by atoms with E-state index in [0.717, 1.165) is 22.5 Å². The number of aliphatic imine (C=N–C) groups is 2. The van der Waals surface area contributed by atoms with Crippen molar-refractivity contribution in [3.63, 3.8) is 0 Å². The van der Waals surface area contributed by atoms with Gasteiger partial charge in [-0.1, -0.05) is 12.1 Å². The van der Waals surface area contributed by atoms with Crippen molar-refractivity contribution in [3.05, 3.63) is 71.3 Å².